The van der Waals surface area contributed by atoms with Crippen molar-refractivity contribution in [2.45, 2.75) is 26.4 Å². The number of benzene rings is 1. The number of nitrogens with one attached hydrogen (secondary N) is 2. The van der Waals surface area contributed by atoms with Gasteiger partial charge in [0.05, 0.1) is 0 Å². The van der Waals surface area contributed by atoms with Gasteiger partial charge in [-0.25, -0.2) is 9.37 Å². The predicted octanol–water partition coefficient (Wildman–Crippen LogP) is 3.15. The first kappa shape index (κ1) is 23.5. The van der Waals surface area contributed by atoms with Crippen LogP contribution >= 0.6 is 24.0 Å². The molecule has 0 radical (unpaired) electrons. The van der Waals surface area contributed by atoms with E-state index in [-0.39, 0.29) is 29.8 Å². The summed E-state index contributed by atoms with van der Waals surface area (Å²) >= 11 is 0. The van der Waals surface area contributed by atoms with Crippen LogP contribution in [-0.2, 0) is 19.5 Å². The Balaban J connectivity index is 0.00000320. The van der Waals surface area contributed by atoms with Gasteiger partial charge in [-0.05, 0) is 17.7 Å². The topological polar surface area (TPSA) is 89.2 Å². The molecule has 1 aromatic carbocycles. The fraction of sp³-hybridized carbons (Fsp3) is 0.300. The SMILES string of the molecule is CCc1nncn1CCNC(=NC)NCc1ccc(Oc2cccc(F)c2)nc1.I. The third kappa shape index (κ3) is 6.94. The highest BCUT2D eigenvalue weighted by atomic mass is 127. The van der Waals surface area contributed by atoms with Crippen molar-refractivity contribution < 1.29 is 9.13 Å². The van der Waals surface area contributed by atoms with Crippen LogP contribution in [0.25, 0.3) is 0 Å². The smallest absolute Gasteiger partial charge is 0.219 e. The number of ether oxygens (including phenoxy) is 1. The van der Waals surface area contributed by atoms with Gasteiger partial charge in [-0.1, -0.05) is 19.1 Å². The van der Waals surface area contributed by atoms with E-state index in [4.69, 9.17) is 4.74 Å². The van der Waals surface area contributed by atoms with Crippen LogP contribution in [0.3, 0.4) is 0 Å². The molecule has 0 saturated carbocycles. The number of hydrogen-bond donors (Lipinski definition) is 2. The molecule has 0 aliphatic rings. The maximum atomic E-state index is 13.2. The summed E-state index contributed by atoms with van der Waals surface area (Å²) in [5.41, 5.74) is 0.964. The van der Waals surface area contributed by atoms with Crippen LogP contribution in [0.5, 0.6) is 11.6 Å². The second kappa shape index (κ2) is 12.1. The Morgan fingerprint density at radius 1 is 1.23 bits per heavy atom. The van der Waals surface area contributed by atoms with Crippen molar-refractivity contribution in [2.24, 2.45) is 4.99 Å². The van der Waals surface area contributed by atoms with E-state index >= 15 is 0 Å². The Morgan fingerprint density at radius 2 is 2.10 bits per heavy atom. The molecular weight excluding hydrogens is 500 g/mol. The monoisotopic (exact) mass is 525 g/mol. The summed E-state index contributed by atoms with van der Waals surface area (Å²) < 4.78 is 20.8. The lowest BCUT2D eigenvalue weighted by molar-refractivity contribution is 0.457. The summed E-state index contributed by atoms with van der Waals surface area (Å²) in [6, 6.07) is 9.59. The zero-order valence-electron chi connectivity index (χ0n) is 16.9. The van der Waals surface area contributed by atoms with Gasteiger partial charge in [-0.2, -0.15) is 0 Å². The third-order valence-corrected chi connectivity index (χ3v) is 4.16. The second-order valence-electron chi connectivity index (χ2n) is 6.21. The molecule has 0 bridgehead atoms. The molecule has 0 fully saturated rings. The summed E-state index contributed by atoms with van der Waals surface area (Å²) in [6.45, 7) is 4.06. The summed E-state index contributed by atoms with van der Waals surface area (Å²) in [7, 11) is 1.72. The molecule has 8 nitrogen and oxygen atoms in total. The fourth-order valence-corrected chi connectivity index (χ4v) is 2.67. The van der Waals surface area contributed by atoms with Crippen molar-refractivity contribution in [3.8, 4) is 11.6 Å². The van der Waals surface area contributed by atoms with Gasteiger partial charge in [0, 0.05) is 51.4 Å². The summed E-state index contributed by atoms with van der Waals surface area (Å²) in [5.74, 6) is 2.12. The van der Waals surface area contributed by atoms with Crippen LogP contribution < -0.4 is 15.4 Å². The second-order valence-corrected chi connectivity index (χ2v) is 6.21. The van der Waals surface area contributed by atoms with Crippen molar-refractivity contribution >= 4 is 29.9 Å². The summed E-state index contributed by atoms with van der Waals surface area (Å²) in [4.78, 5) is 8.48. The molecule has 2 heterocycles. The number of pyridine rings is 1. The Labute approximate surface area is 192 Å². The molecule has 30 heavy (non-hydrogen) atoms. The van der Waals surface area contributed by atoms with E-state index in [0.29, 0.717) is 30.7 Å². The summed E-state index contributed by atoms with van der Waals surface area (Å²) in [6.07, 6.45) is 4.29. The maximum Gasteiger partial charge on any atom is 0.219 e. The van der Waals surface area contributed by atoms with E-state index in [1.807, 2.05) is 10.6 Å². The number of rotatable bonds is 8. The minimum Gasteiger partial charge on any atom is -0.439 e. The van der Waals surface area contributed by atoms with Crippen molar-refractivity contribution in [2.75, 3.05) is 13.6 Å². The van der Waals surface area contributed by atoms with Crippen molar-refractivity contribution in [1.29, 1.82) is 0 Å². The molecular formula is C20H25FIN7O. The Bertz CT molecular complexity index is 946. The first-order chi connectivity index (χ1) is 14.2. The highest BCUT2D eigenvalue weighted by Crippen LogP contribution is 2.19. The van der Waals surface area contributed by atoms with E-state index in [1.165, 1.54) is 12.1 Å². The van der Waals surface area contributed by atoms with E-state index in [1.54, 1.807) is 37.8 Å². The lowest BCUT2D eigenvalue weighted by Gasteiger charge is -2.13. The normalized spacial score (nSPS) is 11.0. The van der Waals surface area contributed by atoms with Crippen molar-refractivity contribution in [3.63, 3.8) is 0 Å². The first-order valence-corrected chi connectivity index (χ1v) is 9.37. The molecule has 0 atom stereocenters. The van der Waals surface area contributed by atoms with Gasteiger partial charge in [0.2, 0.25) is 5.88 Å². The van der Waals surface area contributed by atoms with Crippen LogP contribution in [0.2, 0.25) is 0 Å². The van der Waals surface area contributed by atoms with Crippen LogP contribution in [0.1, 0.15) is 18.3 Å². The van der Waals surface area contributed by atoms with Gasteiger partial charge in [0.1, 0.15) is 23.7 Å². The molecule has 0 saturated heterocycles. The molecule has 0 amide bonds. The number of halogens is 2. The van der Waals surface area contributed by atoms with Crippen LogP contribution in [0.15, 0.2) is 53.9 Å². The largest absolute Gasteiger partial charge is 0.439 e. The molecule has 10 heteroatoms. The molecule has 2 N–H and O–H groups in total. The molecule has 2 aromatic heterocycles. The van der Waals surface area contributed by atoms with Gasteiger partial charge in [0.25, 0.3) is 0 Å². The van der Waals surface area contributed by atoms with Crippen molar-refractivity contribution in [1.82, 2.24) is 30.4 Å². The van der Waals surface area contributed by atoms with E-state index in [0.717, 1.165) is 24.4 Å². The van der Waals surface area contributed by atoms with E-state index in [2.05, 4.69) is 37.7 Å². The van der Waals surface area contributed by atoms with Gasteiger partial charge in [-0.3, -0.25) is 4.99 Å². The van der Waals surface area contributed by atoms with Crippen LogP contribution in [0, 0.1) is 5.82 Å². The Morgan fingerprint density at radius 3 is 2.80 bits per heavy atom. The molecule has 0 aliphatic carbocycles. The lowest BCUT2D eigenvalue weighted by atomic mass is 10.3. The molecule has 160 valence electrons. The average Bonchev–Trinajstić information content (AvgIpc) is 3.19. The predicted molar refractivity (Wildman–Crippen MR) is 124 cm³/mol. The number of aromatic nitrogens is 4. The zero-order chi connectivity index (χ0) is 20.5. The number of aryl methyl sites for hydroxylation is 1. The van der Waals surface area contributed by atoms with Crippen molar-refractivity contribution in [3.05, 3.63) is 66.1 Å². The van der Waals surface area contributed by atoms with Gasteiger partial charge >= 0.3 is 0 Å². The number of aliphatic imine (C=N–C) groups is 1. The van der Waals surface area contributed by atoms with Gasteiger partial charge < -0.3 is 19.9 Å². The van der Waals surface area contributed by atoms with Crippen LogP contribution in [-0.4, -0.2) is 39.3 Å². The summed E-state index contributed by atoms with van der Waals surface area (Å²) in [5, 5.41) is 14.5. The van der Waals surface area contributed by atoms with E-state index in [9.17, 15) is 4.39 Å². The lowest BCUT2D eigenvalue weighted by Crippen LogP contribution is -2.38. The number of guanidine groups is 1. The first-order valence-electron chi connectivity index (χ1n) is 9.37. The van der Waals surface area contributed by atoms with Gasteiger partial charge in [-0.15, -0.1) is 34.2 Å². The molecule has 3 rings (SSSR count). The van der Waals surface area contributed by atoms with Crippen LogP contribution in [0.4, 0.5) is 4.39 Å². The molecule has 3 aromatic rings. The molecule has 0 spiro atoms. The quantitative estimate of drug-likeness (QED) is 0.267. The minimum atomic E-state index is -0.350. The van der Waals surface area contributed by atoms with E-state index < -0.39 is 0 Å². The van der Waals surface area contributed by atoms with Gasteiger partial charge in [0.15, 0.2) is 5.96 Å². The standard InChI is InChI=1S/C20H24FN7O.HI/c1-3-18-27-26-14-28(18)10-9-23-20(22-2)25-13-15-7-8-19(24-12-15)29-17-6-4-5-16(21)11-17;/h4-8,11-12,14H,3,9-10,13H2,1-2H3,(H2,22,23,25);1H. The minimum absolute atomic E-state index is 0. The number of nitrogens with zero attached hydrogens (tertiary/aromatic N) is 5. The zero-order valence-corrected chi connectivity index (χ0v) is 19.2. The maximum absolute atomic E-state index is 13.2. The number of hydrogen-bond acceptors (Lipinski definition) is 5. The fourth-order valence-electron chi connectivity index (χ4n) is 2.67. The Hall–Kier alpha value is -2.76. The average molecular weight is 525 g/mol. The highest BCUT2D eigenvalue weighted by molar-refractivity contribution is 14.0. The molecule has 0 unspecified atom stereocenters. The Kier molecular flexibility index (Phi) is 9.45. The molecule has 0 aliphatic heterocycles. The third-order valence-electron chi connectivity index (χ3n) is 4.16. The highest BCUT2D eigenvalue weighted by Gasteiger charge is 2.04.